The summed E-state index contributed by atoms with van der Waals surface area (Å²) in [7, 11) is 0. The predicted molar refractivity (Wildman–Crippen MR) is 107 cm³/mol. The molecule has 0 amide bonds. The van der Waals surface area contributed by atoms with Crippen molar-refractivity contribution in [2.24, 2.45) is 0 Å². The molecule has 0 saturated carbocycles. The molecule has 1 aliphatic rings. The van der Waals surface area contributed by atoms with Crippen LogP contribution in [-0.2, 0) is 6.54 Å². The van der Waals surface area contributed by atoms with Crippen molar-refractivity contribution in [1.29, 1.82) is 0 Å². The Labute approximate surface area is 158 Å². The van der Waals surface area contributed by atoms with Crippen LogP contribution >= 0.6 is 11.6 Å². The Morgan fingerprint density at radius 2 is 1.81 bits per heavy atom. The van der Waals surface area contributed by atoms with Crippen LogP contribution in [0.4, 0.5) is 5.69 Å². The lowest BCUT2D eigenvalue weighted by molar-refractivity contribution is -0.914. The second-order valence-corrected chi connectivity index (χ2v) is 7.38. The third-order valence-electron chi connectivity index (χ3n) is 5.32. The molecule has 26 heavy (non-hydrogen) atoms. The number of quaternary nitrogens is 1. The van der Waals surface area contributed by atoms with Crippen LogP contribution < -0.4 is 15.2 Å². The van der Waals surface area contributed by atoms with Crippen molar-refractivity contribution < 1.29 is 4.90 Å². The summed E-state index contributed by atoms with van der Waals surface area (Å²) in [6.45, 7) is 6.81. The quantitative estimate of drug-likeness (QED) is 0.745. The number of anilines is 1. The van der Waals surface area contributed by atoms with Gasteiger partial charge in [-0.25, -0.2) is 0 Å². The summed E-state index contributed by atoms with van der Waals surface area (Å²) >= 11 is 6.24. The summed E-state index contributed by atoms with van der Waals surface area (Å²) in [6, 6.07) is 16.0. The minimum Gasteiger partial charge on any atom is -0.360 e. The molecule has 0 aliphatic carbocycles. The Balaban J connectivity index is 1.53. The largest absolute Gasteiger partial charge is 0.360 e. The number of hydrogen-bond donors (Lipinski definition) is 2. The van der Waals surface area contributed by atoms with Crippen molar-refractivity contribution in [3.05, 3.63) is 75.0 Å². The number of hydrogen-bond acceptors (Lipinski definition) is 2. The van der Waals surface area contributed by atoms with E-state index in [1.807, 2.05) is 31.2 Å². The number of H-pyrrole nitrogens is 1. The predicted octanol–water partition coefficient (Wildman–Crippen LogP) is 2.40. The molecule has 4 nitrogen and oxygen atoms in total. The average Bonchev–Trinajstić information content (AvgIpc) is 2.67. The maximum absolute atomic E-state index is 13.0. The van der Waals surface area contributed by atoms with Crippen molar-refractivity contribution >= 4 is 28.2 Å². The molecule has 0 radical (unpaired) electrons. The Bertz CT molecular complexity index is 976. The number of nitrogens with zero attached hydrogens (tertiary/aromatic N) is 1. The molecule has 3 aromatic rings. The molecule has 0 bridgehead atoms. The summed E-state index contributed by atoms with van der Waals surface area (Å²) < 4.78 is 0. The van der Waals surface area contributed by atoms with Gasteiger partial charge in [0.25, 0.3) is 0 Å². The number of halogens is 1. The van der Waals surface area contributed by atoms with E-state index in [-0.39, 0.29) is 5.43 Å². The number of aromatic nitrogens is 1. The fourth-order valence-electron chi connectivity index (χ4n) is 3.80. The summed E-state index contributed by atoms with van der Waals surface area (Å²) in [5.74, 6) is 0. The number of para-hydroxylation sites is 2. The number of benzene rings is 2. The second-order valence-electron chi connectivity index (χ2n) is 6.97. The van der Waals surface area contributed by atoms with Crippen molar-refractivity contribution in [2.75, 3.05) is 31.1 Å². The molecule has 0 atom stereocenters. The van der Waals surface area contributed by atoms with Crippen LogP contribution in [0.25, 0.3) is 10.9 Å². The molecule has 2 heterocycles. The highest BCUT2D eigenvalue weighted by Crippen LogP contribution is 2.20. The average molecular weight is 369 g/mol. The van der Waals surface area contributed by atoms with Gasteiger partial charge in [-0.15, -0.1) is 0 Å². The normalized spacial score (nSPS) is 15.5. The van der Waals surface area contributed by atoms with Gasteiger partial charge in [0, 0.05) is 16.8 Å². The smallest absolute Gasteiger partial charge is 0.198 e. The van der Waals surface area contributed by atoms with E-state index in [0.717, 1.165) is 49.5 Å². The first-order chi connectivity index (χ1) is 12.6. The van der Waals surface area contributed by atoms with Crippen molar-refractivity contribution in [2.45, 2.75) is 13.5 Å². The fraction of sp³-hybridized carbons (Fsp3) is 0.286. The van der Waals surface area contributed by atoms with Gasteiger partial charge < -0.3 is 14.8 Å². The van der Waals surface area contributed by atoms with E-state index in [1.165, 1.54) is 10.6 Å². The van der Waals surface area contributed by atoms with Crippen LogP contribution in [0.3, 0.4) is 0 Å². The van der Waals surface area contributed by atoms with Crippen LogP contribution in [0.15, 0.2) is 53.3 Å². The lowest BCUT2D eigenvalue weighted by atomic mass is 10.1. The topological polar surface area (TPSA) is 40.5 Å². The van der Waals surface area contributed by atoms with E-state index >= 15 is 0 Å². The first-order valence-electron chi connectivity index (χ1n) is 9.07. The molecule has 1 aromatic heterocycles. The molecule has 0 unspecified atom stereocenters. The molecule has 2 N–H and O–H groups in total. The summed E-state index contributed by atoms with van der Waals surface area (Å²) in [6.07, 6.45) is 0. The van der Waals surface area contributed by atoms with E-state index < -0.39 is 0 Å². The highest BCUT2D eigenvalue weighted by Gasteiger charge is 2.22. The SMILES string of the molecule is Cc1[nH]c2c(Cl)cccc2c(=O)c1C[NH+]1CCN(c2ccccc2)CC1. The molecule has 134 valence electrons. The van der Waals surface area contributed by atoms with Gasteiger partial charge >= 0.3 is 0 Å². The lowest BCUT2D eigenvalue weighted by Gasteiger charge is -2.33. The van der Waals surface area contributed by atoms with Gasteiger partial charge in [-0.2, -0.15) is 0 Å². The van der Waals surface area contributed by atoms with Gasteiger partial charge in [-0.3, -0.25) is 4.79 Å². The minimum atomic E-state index is 0.108. The maximum atomic E-state index is 13.0. The monoisotopic (exact) mass is 368 g/mol. The Kier molecular flexibility index (Phi) is 4.70. The third kappa shape index (κ3) is 3.22. The molecular formula is C21H23ClN3O+. The molecule has 4 rings (SSSR count). The highest BCUT2D eigenvalue weighted by molar-refractivity contribution is 6.35. The number of fused-ring (bicyclic) bond motifs is 1. The van der Waals surface area contributed by atoms with Crippen molar-refractivity contribution in [3.8, 4) is 0 Å². The number of nitrogens with one attached hydrogen (secondary N) is 2. The van der Waals surface area contributed by atoms with Crippen LogP contribution in [0.5, 0.6) is 0 Å². The Morgan fingerprint density at radius 3 is 2.54 bits per heavy atom. The Morgan fingerprint density at radius 1 is 1.08 bits per heavy atom. The standard InChI is InChI=1S/C21H22ClN3O/c1-15-18(21(26)17-8-5-9-19(22)20(17)23-15)14-24-10-12-25(13-11-24)16-6-3-2-4-7-16/h2-9H,10-14H2,1H3,(H,23,26)/p+1. The number of piperazine rings is 1. The summed E-state index contributed by atoms with van der Waals surface area (Å²) in [5.41, 5.74) is 3.93. The molecule has 0 spiro atoms. The Hall–Kier alpha value is -2.30. The molecule has 1 aliphatic heterocycles. The van der Waals surface area contributed by atoms with Crippen LogP contribution in [-0.4, -0.2) is 31.2 Å². The van der Waals surface area contributed by atoms with Gasteiger partial charge in [0.1, 0.15) is 6.54 Å². The number of aryl methyl sites for hydroxylation is 1. The van der Waals surface area contributed by atoms with E-state index in [4.69, 9.17) is 11.6 Å². The maximum Gasteiger partial charge on any atom is 0.198 e. The van der Waals surface area contributed by atoms with Crippen LogP contribution in [0.1, 0.15) is 11.3 Å². The number of rotatable bonds is 3. The number of aromatic amines is 1. The van der Waals surface area contributed by atoms with Crippen LogP contribution in [0, 0.1) is 6.92 Å². The molecular weight excluding hydrogens is 346 g/mol. The third-order valence-corrected chi connectivity index (χ3v) is 5.63. The zero-order valence-electron chi connectivity index (χ0n) is 14.9. The van der Waals surface area contributed by atoms with Gasteiger partial charge in [0.2, 0.25) is 0 Å². The highest BCUT2D eigenvalue weighted by atomic mass is 35.5. The summed E-state index contributed by atoms with van der Waals surface area (Å²) in [5, 5.41) is 1.28. The zero-order valence-corrected chi connectivity index (χ0v) is 15.6. The molecule has 5 heteroatoms. The first-order valence-corrected chi connectivity index (χ1v) is 9.45. The van der Waals surface area contributed by atoms with E-state index in [9.17, 15) is 4.79 Å². The molecule has 2 aromatic carbocycles. The lowest BCUT2D eigenvalue weighted by Crippen LogP contribution is -3.13. The van der Waals surface area contributed by atoms with E-state index in [1.54, 1.807) is 0 Å². The van der Waals surface area contributed by atoms with Gasteiger partial charge in [-0.1, -0.05) is 35.9 Å². The van der Waals surface area contributed by atoms with Gasteiger partial charge in [0.15, 0.2) is 5.43 Å². The minimum absolute atomic E-state index is 0.108. The molecule has 1 fully saturated rings. The van der Waals surface area contributed by atoms with Crippen molar-refractivity contribution in [1.82, 2.24) is 4.98 Å². The fourth-order valence-corrected chi connectivity index (χ4v) is 4.02. The van der Waals surface area contributed by atoms with Crippen LogP contribution in [0.2, 0.25) is 5.02 Å². The first kappa shape index (κ1) is 17.1. The second kappa shape index (κ2) is 7.14. The van der Waals surface area contributed by atoms with Gasteiger partial charge in [0.05, 0.1) is 42.3 Å². The van der Waals surface area contributed by atoms with Gasteiger partial charge in [-0.05, 0) is 31.2 Å². The zero-order chi connectivity index (χ0) is 18.1. The molecule has 1 saturated heterocycles. The van der Waals surface area contributed by atoms with E-state index in [2.05, 4.69) is 34.1 Å². The van der Waals surface area contributed by atoms with E-state index in [0.29, 0.717) is 10.4 Å². The summed E-state index contributed by atoms with van der Waals surface area (Å²) in [4.78, 5) is 20.2. The number of pyridine rings is 1. The van der Waals surface area contributed by atoms with Crippen molar-refractivity contribution in [3.63, 3.8) is 0 Å².